The zero-order chi connectivity index (χ0) is 53.8. The molecule has 0 aromatic carbocycles. The molecule has 5 rings (SSSR count). The number of rotatable bonds is 14. The Balaban J connectivity index is -0.000000844. The van der Waals surface area contributed by atoms with Crippen LogP contribution in [0.1, 0.15) is 86.0 Å². The number of alkyl halides is 1. The molecule has 0 unspecified atom stereocenters. The third-order valence-electron chi connectivity index (χ3n) is 9.44. The number of aromatic nitrogens is 4. The number of anilines is 1. The number of hydrogen-bond acceptors (Lipinski definition) is 21. The van der Waals surface area contributed by atoms with Crippen molar-refractivity contribution in [2.45, 2.75) is 116 Å². The number of aliphatic hydroxyl groups is 1. The Bertz CT molecular complexity index is 1840. The fraction of sp³-hybridized carbons (Fsp3) is 0.700. The third kappa shape index (κ3) is 33.2. The van der Waals surface area contributed by atoms with Crippen molar-refractivity contribution >= 4 is 162 Å². The fourth-order valence-electron chi connectivity index (χ4n) is 5.89. The summed E-state index contributed by atoms with van der Waals surface area (Å²) in [6.07, 6.45) is 8.17. The molecule has 31 heteroatoms. The molecule has 0 bridgehead atoms. The van der Waals surface area contributed by atoms with Crippen molar-refractivity contribution in [3.8, 4) is 0 Å². The number of nitrogens with zero attached hydrogens (tertiary/aromatic N) is 7. The van der Waals surface area contributed by atoms with Crippen LogP contribution in [0, 0.1) is 20.2 Å². The second-order valence-electron chi connectivity index (χ2n) is 14.0. The molecule has 0 saturated carbocycles. The van der Waals surface area contributed by atoms with Crippen LogP contribution in [0.5, 0.6) is 0 Å². The van der Waals surface area contributed by atoms with E-state index in [0.29, 0.717) is 76.8 Å². The van der Waals surface area contributed by atoms with Gasteiger partial charge in [-0.05, 0) is 68.1 Å². The molecular weight excluding hydrogens is 1570 g/mol. The summed E-state index contributed by atoms with van der Waals surface area (Å²) in [6.45, 7) is 9.04. The van der Waals surface area contributed by atoms with E-state index in [0.717, 1.165) is 44.9 Å². The minimum absolute atomic E-state index is 0. The molecule has 3 fully saturated rings. The molecule has 3 aliphatic heterocycles. The SMILES string of the molecule is C.CC[C@@H](N)C(=O)OC.CC[C@@H](NC1CCOCC1)C(=O)CO.CC[C@H](C(=O)OC)N(c1nc(Cl)ncc1[N+](=O)[O-])C1CCOCC1.CI(I)I.II.O=C1CCOCC1.O=[N+]([O-])c1cnc(Cl)nc1Cl. The van der Waals surface area contributed by atoms with Crippen LogP contribution in [-0.2, 0) is 42.9 Å². The number of nitro groups is 2. The Labute approximate surface area is 480 Å². The van der Waals surface area contributed by atoms with E-state index in [4.69, 9.17) is 64.6 Å². The number of ether oxygens (including phenoxy) is 5. The van der Waals surface area contributed by atoms with Gasteiger partial charge in [0.1, 0.15) is 36.9 Å². The number of ketones is 2. The molecule has 3 aliphatic rings. The number of Topliss-reactive ketones (excluding diaryl/α,β-unsaturated/α-hetero) is 2. The van der Waals surface area contributed by atoms with Crippen LogP contribution in [0.3, 0.4) is 0 Å². The third-order valence-corrected chi connectivity index (χ3v) is 10.1. The van der Waals surface area contributed by atoms with E-state index in [1.807, 2.05) is 20.8 Å². The minimum Gasteiger partial charge on any atom is -0.381 e. The average Bonchev–Trinajstić information content (AvgIpc) is 3.35. The molecule has 3 atom stereocenters. The molecule has 0 spiro atoms. The molecule has 4 N–H and O–H groups in total. The quantitative estimate of drug-likeness (QED) is 0.0302. The molecular formula is C40H65Cl3I5N9O14. The van der Waals surface area contributed by atoms with E-state index >= 15 is 0 Å². The Kier molecular flexibility index (Phi) is 47.8. The largest absolute Gasteiger partial charge is 0.381 e. The molecule has 0 amide bonds. The number of carbonyl (C=O) groups is 4. The van der Waals surface area contributed by atoms with Gasteiger partial charge in [-0.3, -0.25) is 34.6 Å². The number of nitrogens with two attached hydrogens (primary N) is 1. The van der Waals surface area contributed by atoms with Gasteiger partial charge in [-0.25, -0.2) is 14.8 Å². The number of esters is 2. The van der Waals surface area contributed by atoms with Gasteiger partial charge in [0.15, 0.2) is 5.78 Å². The standard InChI is InChI=1S/C14H19ClN4O5.C10H19NO3.C5H11NO2.C5H8O2.C4HCl2N3O2.CH3I3.CH4.I2/c1-3-10(13(20)23-2)18(9-4-6-24-7-5-9)12-11(19(21)22)8-16-14(15)17-12;1-2-9(10(13)7-12)11-8-3-5-14-6-4-8;1-3-4(6)5(7)8-2;6-5-1-3-7-4-2-5;5-3-2(9(10)11)1-7-4(6)8-3;1-4(2)3;;1-2/h8-10H,3-7H2,1-2H3;8-9,11-12H,2-7H2,1H3;4H,3,6H2,1-2H3;1-4H2;1H;1H3;1H4;/t10-;9-;4-;;;;;/m111...../s1. The summed E-state index contributed by atoms with van der Waals surface area (Å²) in [4.78, 5) is 83.0. The van der Waals surface area contributed by atoms with Crippen LogP contribution < -0.4 is 16.0 Å². The van der Waals surface area contributed by atoms with Crippen LogP contribution in [0.2, 0.25) is 15.7 Å². The first-order chi connectivity index (χ1) is 33.2. The molecule has 2 aromatic rings. The number of halogens is 8. The van der Waals surface area contributed by atoms with E-state index in [1.165, 1.54) is 14.2 Å². The van der Waals surface area contributed by atoms with Crippen molar-refractivity contribution in [1.82, 2.24) is 25.3 Å². The first-order valence-corrected chi connectivity index (χ1v) is 43.3. The normalized spacial score (nSPS) is 15.5. The van der Waals surface area contributed by atoms with Crippen molar-refractivity contribution in [1.29, 1.82) is 0 Å². The van der Waals surface area contributed by atoms with Crippen molar-refractivity contribution in [3.63, 3.8) is 0 Å². The van der Waals surface area contributed by atoms with Crippen molar-refractivity contribution < 1.29 is 57.8 Å². The average molecular weight is 1640 g/mol. The van der Waals surface area contributed by atoms with Gasteiger partial charge in [-0.2, -0.15) is 9.97 Å². The second-order valence-corrected chi connectivity index (χ2v) is 43.9. The van der Waals surface area contributed by atoms with Crippen LogP contribution in [0.15, 0.2) is 12.4 Å². The van der Waals surface area contributed by atoms with Gasteiger partial charge in [0, 0.05) is 88.6 Å². The molecule has 410 valence electrons. The van der Waals surface area contributed by atoms with Crippen LogP contribution >= 0.6 is 121 Å². The zero-order valence-electron chi connectivity index (χ0n) is 39.3. The van der Waals surface area contributed by atoms with Crippen molar-refractivity contribution in [3.05, 3.63) is 48.3 Å². The maximum absolute atomic E-state index is 12.2. The van der Waals surface area contributed by atoms with Gasteiger partial charge in [0.2, 0.25) is 21.5 Å². The number of methoxy groups -OCH3 is 2. The van der Waals surface area contributed by atoms with Crippen molar-refractivity contribution in [2.24, 2.45) is 5.73 Å². The monoisotopic (exact) mass is 1630 g/mol. The minimum atomic E-state index is -0.706. The Morgan fingerprint density at radius 3 is 1.66 bits per heavy atom. The van der Waals surface area contributed by atoms with Gasteiger partial charge in [0.25, 0.3) is 0 Å². The summed E-state index contributed by atoms with van der Waals surface area (Å²) in [5.74, 6) is -0.560. The van der Waals surface area contributed by atoms with E-state index in [2.05, 4.69) is 109 Å². The van der Waals surface area contributed by atoms with Gasteiger partial charge >= 0.3 is 77.3 Å². The molecule has 0 aliphatic carbocycles. The molecule has 23 nitrogen and oxygen atoms in total. The van der Waals surface area contributed by atoms with Gasteiger partial charge in [0.05, 0.1) is 43.3 Å². The number of nitrogens with one attached hydrogen (secondary N) is 1. The second kappa shape index (κ2) is 45.5. The molecule has 71 heavy (non-hydrogen) atoms. The van der Waals surface area contributed by atoms with E-state index in [-0.39, 0.29) is 82.7 Å². The van der Waals surface area contributed by atoms with Gasteiger partial charge < -0.3 is 44.7 Å². The van der Waals surface area contributed by atoms with E-state index < -0.39 is 27.9 Å². The Morgan fingerprint density at radius 2 is 1.30 bits per heavy atom. The maximum atomic E-state index is 12.2. The summed E-state index contributed by atoms with van der Waals surface area (Å²) >= 11 is 25.4. The van der Waals surface area contributed by atoms with Gasteiger partial charge in [-0.15, -0.1) is 0 Å². The van der Waals surface area contributed by atoms with Crippen molar-refractivity contribution in [2.75, 3.05) is 70.3 Å². The number of aliphatic hydroxyl groups excluding tert-OH is 1. The zero-order valence-corrected chi connectivity index (χ0v) is 52.4. The fourth-order valence-corrected chi connectivity index (χ4v) is 6.39. The smallest absolute Gasteiger partial charge is 0.324 e. The predicted molar refractivity (Wildman–Crippen MR) is 316 cm³/mol. The van der Waals surface area contributed by atoms with Gasteiger partial charge in [-0.1, -0.05) is 39.8 Å². The first kappa shape index (κ1) is 74.6. The molecule has 0 radical (unpaired) electrons. The number of carbonyl (C=O) groups excluding carboxylic acids is 4. The molecule has 5 heterocycles. The summed E-state index contributed by atoms with van der Waals surface area (Å²) in [7, 11) is 2.62. The maximum Gasteiger partial charge on any atom is 0.324 e. The molecule has 3 saturated heterocycles. The van der Waals surface area contributed by atoms with Crippen LogP contribution in [0.25, 0.3) is 0 Å². The summed E-state index contributed by atoms with van der Waals surface area (Å²) < 4.78 is 24.7. The van der Waals surface area contributed by atoms with Crippen LogP contribution in [-0.4, -0.2) is 154 Å². The summed E-state index contributed by atoms with van der Waals surface area (Å²) in [6, 6.07) is -1.12. The van der Waals surface area contributed by atoms with Crippen LogP contribution in [0.4, 0.5) is 17.2 Å². The van der Waals surface area contributed by atoms with E-state index in [9.17, 15) is 39.4 Å². The topological polar surface area (TPSA) is 314 Å². The predicted octanol–water partition coefficient (Wildman–Crippen LogP) is 9.25. The molecule has 2 aromatic heterocycles. The number of hydrogen-bond donors (Lipinski definition) is 3. The summed E-state index contributed by atoms with van der Waals surface area (Å²) in [5, 5.41) is 33.1. The first-order valence-electron chi connectivity index (χ1n) is 21.1. The van der Waals surface area contributed by atoms with E-state index in [1.54, 1.807) is 4.90 Å². The summed E-state index contributed by atoms with van der Waals surface area (Å²) in [5.41, 5.74) is 4.60. The Morgan fingerprint density at radius 1 is 0.845 bits per heavy atom. The Hall–Kier alpha value is -0.680.